The van der Waals surface area contributed by atoms with Crippen LogP contribution in [0.5, 0.6) is 0 Å². The lowest BCUT2D eigenvalue weighted by Gasteiger charge is -2.19. The molecule has 0 saturated heterocycles. The van der Waals surface area contributed by atoms with E-state index in [9.17, 15) is 23.2 Å². The second-order valence-corrected chi connectivity index (χ2v) is 6.96. The molecule has 2 aromatic carbocycles. The zero-order valence-corrected chi connectivity index (χ0v) is 16.0. The third-order valence-corrected chi connectivity index (χ3v) is 3.28. The molecule has 7 nitrogen and oxygen atoms in total. The van der Waals surface area contributed by atoms with Crippen LogP contribution in [0.25, 0.3) is 0 Å². The van der Waals surface area contributed by atoms with E-state index in [1.807, 2.05) is 0 Å². The van der Waals surface area contributed by atoms with Crippen LogP contribution in [-0.2, 0) is 14.3 Å². The molecule has 0 bridgehead atoms. The Morgan fingerprint density at radius 3 is 2.28 bits per heavy atom. The molecule has 2 rings (SSSR count). The van der Waals surface area contributed by atoms with Crippen molar-refractivity contribution in [3.63, 3.8) is 0 Å². The van der Waals surface area contributed by atoms with Crippen LogP contribution < -0.4 is 10.6 Å². The molecular formula is C20H20F2N2O5. The number of hydrogen-bond donors (Lipinski definition) is 2. The first-order valence-corrected chi connectivity index (χ1v) is 8.55. The molecule has 0 fully saturated rings. The molecule has 0 unspecified atom stereocenters. The molecule has 2 amide bonds. The maximum atomic E-state index is 13.1. The molecule has 0 saturated carbocycles. The van der Waals surface area contributed by atoms with E-state index in [1.165, 1.54) is 24.3 Å². The summed E-state index contributed by atoms with van der Waals surface area (Å²) in [5, 5.41) is 4.77. The van der Waals surface area contributed by atoms with Gasteiger partial charge in [-0.15, -0.1) is 0 Å². The molecule has 0 aliphatic heterocycles. The van der Waals surface area contributed by atoms with Gasteiger partial charge in [-0.1, -0.05) is 6.07 Å². The molecule has 2 aromatic rings. The second-order valence-electron chi connectivity index (χ2n) is 6.96. The van der Waals surface area contributed by atoms with Crippen LogP contribution >= 0.6 is 0 Å². The number of carbonyl (C=O) groups is 3. The molecule has 9 heteroatoms. The first-order valence-electron chi connectivity index (χ1n) is 8.55. The summed E-state index contributed by atoms with van der Waals surface area (Å²) < 4.78 is 36.0. The predicted octanol–water partition coefficient (Wildman–Crippen LogP) is 4.11. The molecule has 2 N–H and O–H groups in total. The Morgan fingerprint density at radius 1 is 0.931 bits per heavy atom. The SMILES string of the molecule is CC(C)(C)OC(=O)Nc1cccc(C(=O)OCC(=O)Nc2ccc(F)c(F)c2)c1. The van der Waals surface area contributed by atoms with Gasteiger partial charge in [0.1, 0.15) is 5.60 Å². The number of rotatable bonds is 5. The summed E-state index contributed by atoms with van der Waals surface area (Å²) in [4.78, 5) is 35.7. The molecule has 0 aliphatic rings. The van der Waals surface area contributed by atoms with Gasteiger partial charge in [0, 0.05) is 17.4 Å². The number of esters is 1. The Bertz CT molecular complexity index is 925. The molecule has 0 aromatic heterocycles. The maximum Gasteiger partial charge on any atom is 0.412 e. The van der Waals surface area contributed by atoms with E-state index in [1.54, 1.807) is 26.8 Å². The van der Waals surface area contributed by atoms with Gasteiger partial charge in [-0.05, 0) is 51.1 Å². The average Bonchev–Trinajstić information content (AvgIpc) is 2.61. The Hall–Kier alpha value is -3.49. The number of amides is 2. The summed E-state index contributed by atoms with van der Waals surface area (Å²) in [6.07, 6.45) is -0.686. The van der Waals surface area contributed by atoms with E-state index in [-0.39, 0.29) is 11.3 Å². The van der Waals surface area contributed by atoms with E-state index in [0.717, 1.165) is 12.1 Å². The third kappa shape index (κ3) is 7.21. The van der Waals surface area contributed by atoms with Gasteiger partial charge in [0.2, 0.25) is 0 Å². The van der Waals surface area contributed by atoms with Crippen molar-refractivity contribution in [3.05, 3.63) is 59.7 Å². The smallest absolute Gasteiger partial charge is 0.412 e. The van der Waals surface area contributed by atoms with Crippen molar-refractivity contribution in [3.8, 4) is 0 Å². The molecule has 0 spiro atoms. The highest BCUT2D eigenvalue weighted by molar-refractivity contribution is 5.96. The predicted molar refractivity (Wildman–Crippen MR) is 102 cm³/mol. The van der Waals surface area contributed by atoms with Crippen molar-refractivity contribution in [1.29, 1.82) is 0 Å². The summed E-state index contributed by atoms with van der Waals surface area (Å²) in [5.41, 5.74) is -0.255. The number of benzene rings is 2. The molecule has 29 heavy (non-hydrogen) atoms. The third-order valence-electron chi connectivity index (χ3n) is 3.28. The lowest BCUT2D eigenvalue weighted by Crippen LogP contribution is -2.27. The van der Waals surface area contributed by atoms with Gasteiger partial charge in [0.25, 0.3) is 5.91 Å². The summed E-state index contributed by atoms with van der Waals surface area (Å²) in [5.74, 6) is -3.70. The van der Waals surface area contributed by atoms with Crippen molar-refractivity contribution in [1.82, 2.24) is 0 Å². The van der Waals surface area contributed by atoms with E-state index in [2.05, 4.69) is 10.6 Å². The van der Waals surface area contributed by atoms with Crippen molar-refractivity contribution in [2.24, 2.45) is 0 Å². The Balaban J connectivity index is 1.90. The van der Waals surface area contributed by atoms with E-state index < -0.39 is 41.8 Å². The van der Waals surface area contributed by atoms with E-state index in [0.29, 0.717) is 5.69 Å². The fourth-order valence-electron chi connectivity index (χ4n) is 2.13. The molecule has 0 radical (unpaired) electrons. The van der Waals surface area contributed by atoms with Gasteiger partial charge >= 0.3 is 12.1 Å². The summed E-state index contributed by atoms with van der Waals surface area (Å²) >= 11 is 0. The largest absolute Gasteiger partial charge is 0.452 e. The number of ether oxygens (including phenoxy) is 2. The number of halogens is 2. The van der Waals surface area contributed by atoms with Crippen molar-refractivity contribution in [2.75, 3.05) is 17.2 Å². The highest BCUT2D eigenvalue weighted by Crippen LogP contribution is 2.15. The molecule has 0 aliphatic carbocycles. The van der Waals surface area contributed by atoms with Crippen LogP contribution in [0.2, 0.25) is 0 Å². The summed E-state index contributed by atoms with van der Waals surface area (Å²) in [7, 11) is 0. The minimum atomic E-state index is -1.12. The van der Waals surface area contributed by atoms with Gasteiger partial charge in [-0.3, -0.25) is 10.1 Å². The molecule has 0 atom stereocenters. The van der Waals surface area contributed by atoms with Gasteiger partial charge in [-0.25, -0.2) is 18.4 Å². The Morgan fingerprint density at radius 2 is 1.62 bits per heavy atom. The van der Waals surface area contributed by atoms with E-state index in [4.69, 9.17) is 9.47 Å². The summed E-state index contributed by atoms with van der Waals surface area (Å²) in [6.45, 7) is 4.50. The fraction of sp³-hybridized carbons (Fsp3) is 0.250. The van der Waals surface area contributed by atoms with Gasteiger partial charge in [0.15, 0.2) is 18.2 Å². The second kappa shape index (κ2) is 9.13. The van der Waals surface area contributed by atoms with Gasteiger partial charge in [0.05, 0.1) is 5.56 Å². The topological polar surface area (TPSA) is 93.7 Å². The standard InChI is InChI=1S/C20H20F2N2O5/c1-20(2,3)29-19(27)24-13-6-4-5-12(9-13)18(26)28-11-17(25)23-14-7-8-15(21)16(22)10-14/h4-10H,11H2,1-3H3,(H,23,25)(H,24,27). The first-order chi connectivity index (χ1) is 13.5. The fourth-order valence-corrected chi connectivity index (χ4v) is 2.13. The maximum absolute atomic E-state index is 13.1. The van der Waals surface area contributed by atoms with Crippen LogP contribution in [0.4, 0.5) is 25.0 Å². The first kappa shape index (κ1) is 21.8. The summed E-state index contributed by atoms with van der Waals surface area (Å²) in [6, 6.07) is 8.71. The molecule has 0 heterocycles. The van der Waals surface area contributed by atoms with Gasteiger partial charge in [-0.2, -0.15) is 0 Å². The molecule has 154 valence electrons. The van der Waals surface area contributed by atoms with Crippen molar-refractivity contribution in [2.45, 2.75) is 26.4 Å². The Labute approximate surface area is 166 Å². The minimum Gasteiger partial charge on any atom is -0.452 e. The van der Waals surface area contributed by atoms with Gasteiger partial charge < -0.3 is 14.8 Å². The lowest BCUT2D eigenvalue weighted by atomic mass is 10.2. The Kier molecular flexibility index (Phi) is 6.87. The average molecular weight is 406 g/mol. The minimum absolute atomic E-state index is 0.0218. The van der Waals surface area contributed by atoms with Crippen LogP contribution in [0.15, 0.2) is 42.5 Å². The highest BCUT2D eigenvalue weighted by Gasteiger charge is 2.17. The van der Waals surface area contributed by atoms with Crippen LogP contribution in [0.1, 0.15) is 31.1 Å². The lowest BCUT2D eigenvalue weighted by molar-refractivity contribution is -0.119. The zero-order valence-electron chi connectivity index (χ0n) is 16.0. The quantitative estimate of drug-likeness (QED) is 0.729. The van der Waals surface area contributed by atoms with Crippen LogP contribution in [-0.4, -0.2) is 30.2 Å². The van der Waals surface area contributed by atoms with Crippen molar-refractivity contribution < 1.29 is 32.6 Å². The number of carbonyl (C=O) groups excluding carboxylic acids is 3. The van der Waals surface area contributed by atoms with Crippen LogP contribution in [0.3, 0.4) is 0 Å². The normalized spacial score (nSPS) is 10.8. The molecular weight excluding hydrogens is 386 g/mol. The number of nitrogens with one attached hydrogen (secondary N) is 2. The van der Waals surface area contributed by atoms with Crippen molar-refractivity contribution >= 4 is 29.3 Å². The zero-order chi connectivity index (χ0) is 21.6. The van der Waals surface area contributed by atoms with E-state index >= 15 is 0 Å². The number of hydrogen-bond acceptors (Lipinski definition) is 5. The van der Waals surface area contributed by atoms with Crippen LogP contribution in [0, 0.1) is 11.6 Å². The monoisotopic (exact) mass is 406 g/mol. The highest BCUT2D eigenvalue weighted by atomic mass is 19.2. The number of anilines is 2.